The monoisotopic (exact) mass is 508 g/mol. The lowest BCUT2D eigenvalue weighted by Crippen LogP contribution is -2.34. The summed E-state index contributed by atoms with van der Waals surface area (Å²) in [7, 11) is 0. The quantitative estimate of drug-likeness (QED) is 0.418. The highest BCUT2D eigenvalue weighted by atomic mass is 32.2. The predicted octanol–water partition coefficient (Wildman–Crippen LogP) is 5.37. The number of thioether (sulfide) groups is 1. The van der Waals surface area contributed by atoms with Gasteiger partial charge >= 0.3 is 12.3 Å². The SMILES string of the molecule is CCN1C(=O)OCC1Cc1ccc(Oc2ccc(/C=C3/SC(=S)NC3=O)cc2C(F)(F)F)cc1. The number of hydrogen-bond donors (Lipinski definition) is 1. The minimum absolute atomic E-state index is 0.0859. The van der Waals surface area contributed by atoms with E-state index >= 15 is 0 Å². The molecule has 1 unspecified atom stereocenters. The Kier molecular flexibility index (Phi) is 6.85. The van der Waals surface area contributed by atoms with E-state index in [9.17, 15) is 22.8 Å². The Labute approximate surface area is 203 Å². The first-order valence-electron chi connectivity index (χ1n) is 10.3. The van der Waals surface area contributed by atoms with Crippen molar-refractivity contribution in [2.75, 3.05) is 13.2 Å². The highest BCUT2D eigenvalue weighted by Crippen LogP contribution is 2.39. The van der Waals surface area contributed by atoms with Crippen molar-refractivity contribution in [2.24, 2.45) is 0 Å². The van der Waals surface area contributed by atoms with Crippen LogP contribution in [0.2, 0.25) is 0 Å². The van der Waals surface area contributed by atoms with E-state index in [0.717, 1.165) is 23.4 Å². The Bertz CT molecular complexity index is 1170. The average molecular weight is 509 g/mol. The van der Waals surface area contributed by atoms with Gasteiger partial charge in [0, 0.05) is 6.54 Å². The second-order valence-electron chi connectivity index (χ2n) is 7.57. The van der Waals surface area contributed by atoms with Crippen LogP contribution in [0.3, 0.4) is 0 Å². The number of carbonyl (C=O) groups excluding carboxylic acids is 2. The molecule has 4 rings (SSSR count). The van der Waals surface area contributed by atoms with Gasteiger partial charge in [-0.1, -0.05) is 42.2 Å². The van der Waals surface area contributed by atoms with Crippen molar-refractivity contribution < 1.29 is 32.2 Å². The Hall–Kier alpha value is -3.05. The fraction of sp³-hybridized carbons (Fsp3) is 0.261. The normalized spacial score (nSPS) is 19.5. The van der Waals surface area contributed by atoms with Crippen LogP contribution in [0.1, 0.15) is 23.6 Å². The van der Waals surface area contributed by atoms with Crippen molar-refractivity contribution >= 4 is 46.4 Å². The molecule has 0 aliphatic carbocycles. The third-order valence-electron chi connectivity index (χ3n) is 5.29. The summed E-state index contributed by atoms with van der Waals surface area (Å²) in [6, 6.07) is 10.2. The molecule has 2 aromatic rings. The molecule has 0 saturated carbocycles. The Balaban J connectivity index is 1.52. The minimum atomic E-state index is -4.66. The highest BCUT2D eigenvalue weighted by Gasteiger charge is 2.35. The maximum atomic E-state index is 13.7. The largest absolute Gasteiger partial charge is 0.457 e. The zero-order valence-corrected chi connectivity index (χ0v) is 19.5. The third-order valence-corrected chi connectivity index (χ3v) is 6.45. The van der Waals surface area contributed by atoms with Crippen LogP contribution < -0.4 is 10.1 Å². The number of alkyl halides is 3. The number of nitrogens with zero attached hydrogens (tertiary/aromatic N) is 1. The van der Waals surface area contributed by atoms with Crippen molar-refractivity contribution in [3.63, 3.8) is 0 Å². The maximum absolute atomic E-state index is 13.7. The van der Waals surface area contributed by atoms with Gasteiger partial charge in [0.2, 0.25) is 0 Å². The smallest absolute Gasteiger partial charge is 0.420 e. The molecule has 6 nitrogen and oxygen atoms in total. The molecule has 0 bridgehead atoms. The number of rotatable bonds is 6. The lowest BCUT2D eigenvalue weighted by Gasteiger charge is -2.19. The summed E-state index contributed by atoms with van der Waals surface area (Å²) >= 11 is 5.89. The number of thiocarbonyl (C=S) groups is 1. The van der Waals surface area contributed by atoms with Gasteiger partial charge in [0.15, 0.2) is 0 Å². The number of cyclic esters (lactones) is 1. The lowest BCUT2D eigenvalue weighted by molar-refractivity contribution is -0.138. The van der Waals surface area contributed by atoms with Crippen molar-refractivity contribution in [1.29, 1.82) is 0 Å². The van der Waals surface area contributed by atoms with Gasteiger partial charge in [-0.15, -0.1) is 0 Å². The Morgan fingerprint density at radius 3 is 2.59 bits per heavy atom. The summed E-state index contributed by atoms with van der Waals surface area (Å²) in [5.74, 6) is -0.560. The number of benzene rings is 2. The first-order valence-corrected chi connectivity index (χ1v) is 11.5. The van der Waals surface area contributed by atoms with Gasteiger partial charge in [0.25, 0.3) is 5.91 Å². The van der Waals surface area contributed by atoms with Gasteiger partial charge in [0.1, 0.15) is 22.4 Å². The van der Waals surface area contributed by atoms with E-state index in [2.05, 4.69) is 5.32 Å². The summed E-state index contributed by atoms with van der Waals surface area (Å²) < 4.78 is 52.1. The fourth-order valence-corrected chi connectivity index (χ4v) is 4.70. The highest BCUT2D eigenvalue weighted by molar-refractivity contribution is 8.26. The van der Waals surface area contributed by atoms with Crippen LogP contribution in [0.25, 0.3) is 6.08 Å². The van der Waals surface area contributed by atoms with Crippen LogP contribution in [-0.2, 0) is 22.1 Å². The van der Waals surface area contributed by atoms with Crippen molar-refractivity contribution in [1.82, 2.24) is 10.2 Å². The molecule has 1 atom stereocenters. The molecule has 34 heavy (non-hydrogen) atoms. The molecule has 0 aromatic heterocycles. The van der Waals surface area contributed by atoms with E-state index in [1.54, 1.807) is 29.2 Å². The molecule has 1 N–H and O–H groups in total. The number of likely N-dealkylation sites (N-methyl/N-ethyl adjacent to an activating group) is 1. The maximum Gasteiger partial charge on any atom is 0.420 e. The second kappa shape index (κ2) is 9.67. The van der Waals surface area contributed by atoms with Gasteiger partial charge in [0.05, 0.1) is 16.5 Å². The summed E-state index contributed by atoms with van der Waals surface area (Å²) in [5, 5.41) is 2.42. The van der Waals surface area contributed by atoms with Crippen LogP contribution in [0.4, 0.5) is 18.0 Å². The third kappa shape index (κ3) is 5.36. The van der Waals surface area contributed by atoms with E-state index in [-0.39, 0.29) is 38.4 Å². The van der Waals surface area contributed by atoms with E-state index in [1.807, 2.05) is 6.92 Å². The fourth-order valence-electron chi connectivity index (χ4n) is 3.66. The molecule has 2 heterocycles. The molecule has 0 radical (unpaired) electrons. The molecule has 2 saturated heterocycles. The zero-order chi connectivity index (χ0) is 24.5. The average Bonchev–Trinajstić information content (AvgIpc) is 3.29. The molecular formula is C23H19F3N2O4S2. The minimum Gasteiger partial charge on any atom is -0.457 e. The number of nitrogens with one attached hydrogen (secondary N) is 1. The van der Waals surface area contributed by atoms with E-state index in [4.69, 9.17) is 21.7 Å². The van der Waals surface area contributed by atoms with E-state index in [1.165, 1.54) is 18.2 Å². The number of hydrogen-bond acceptors (Lipinski definition) is 6. The van der Waals surface area contributed by atoms with Gasteiger partial charge in [-0.3, -0.25) is 4.79 Å². The van der Waals surface area contributed by atoms with Gasteiger partial charge in [-0.25, -0.2) is 4.79 Å². The topological polar surface area (TPSA) is 67.9 Å². The van der Waals surface area contributed by atoms with E-state index in [0.29, 0.717) is 19.6 Å². The molecule has 11 heteroatoms. The first kappa shape index (κ1) is 24.1. The van der Waals surface area contributed by atoms with Crippen molar-refractivity contribution in [2.45, 2.75) is 25.6 Å². The van der Waals surface area contributed by atoms with E-state index < -0.39 is 17.6 Å². The zero-order valence-electron chi connectivity index (χ0n) is 17.8. The van der Waals surface area contributed by atoms with Crippen molar-refractivity contribution in [3.05, 3.63) is 64.1 Å². The van der Waals surface area contributed by atoms with Crippen molar-refractivity contribution in [3.8, 4) is 11.5 Å². The Morgan fingerprint density at radius 2 is 1.97 bits per heavy atom. The first-order chi connectivity index (χ1) is 16.1. The van der Waals surface area contributed by atoms with Gasteiger partial charge in [-0.05, 0) is 54.8 Å². The number of halogens is 3. The van der Waals surface area contributed by atoms with Crippen LogP contribution in [0.15, 0.2) is 47.4 Å². The lowest BCUT2D eigenvalue weighted by atomic mass is 10.1. The molecule has 2 aliphatic heterocycles. The molecule has 0 spiro atoms. The second-order valence-corrected chi connectivity index (χ2v) is 9.29. The molecule has 2 fully saturated rings. The number of amides is 2. The van der Waals surface area contributed by atoms with Gasteiger partial charge in [-0.2, -0.15) is 13.2 Å². The van der Waals surface area contributed by atoms with Gasteiger partial charge < -0.3 is 19.7 Å². The predicted molar refractivity (Wildman–Crippen MR) is 125 cm³/mol. The molecule has 2 aromatic carbocycles. The molecule has 2 amide bonds. The summed E-state index contributed by atoms with van der Waals surface area (Å²) in [4.78, 5) is 25.4. The Morgan fingerprint density at radius 1 is 1.24 bits per heavy atom. The molecular weight excluding hydrogens is 489 g/mol. The van der Waals surface area contributed by atoms with Crippen LogP contribution in [0.5, 0.6) is 11.5 Å². The van der Waals surface area contributed by atoms with Crippen LogP contribution >= 0.6 is 24.0 Å². The van der Waals surface area contributed by atoms with Crippen LogP contribution in [-0.4, -0.2) is 40.4 Å². The number of ether oxygens (including phenoxy) is 2. The standard InChI is InChI=1S/C23H19F3N2O4S2/c1-2-28-15(12-31-22(28)30)9-13-3-6-16(7-4-13)32-18-8-5-14(10-17(18)23(24,25)26)11-19-20(29)27-21(33)34-19/h3-8,10-11,15H,2,9,12H2,1H3,(H,27,29,33)/b19-11+. The summed E-state index contributed by atoms with van der Waals surface area (Å²) in [6.45, 7) is 2.70. The molecule has 178 valence electrons. The summed E-state index contributed by atoms with van der Waals surface area (Å²) in [5.41, 5.74) is 0.140. The van der Waals surface area contributed by atoms with Crippen LogP contribution in [0, 0.1) is 0 Å². The number of carbonyl (C=O) groups is 2. The summed E-state index contributed by atoms with van der Waals surface area (Å²) in [6.07, 6.45) is -3.10. The molecule has 2 aliphatic rings.